The molecule has 0 aromatic rings. The first kappa shape index (κ1) is 21.1. The van der Waals surface area contributed by atoms with E-state index in [1.807, 2.05) is 0 Å². The lowest BCUT2D eigenvalue weighted by Crippen LogP contribution is -2.53. The molecule has 0 fully saturated rings. The number of aliphatic carboxylic acids is 1. The minimum atomic E-state index is -1.31. The SMILES string of the molecule is N=C(N)NCCC[C@H](NC(=O)[C@H](CC(N)=O)NC(=O)CN)C(=O)O. The third-order valence-corrected chi connectivity index (χ3v) is 2.84. The van der Waals surface area contributed by atoms with Gasteiger partial charge in [-0.25, -0.2) is 4.79 Å². The van der Waals surface area contributed by atoms with Crippen LogP contribution in [0.4, 0.5) is 0 Å². The van der Waals surface area contributed by atoms with Crippen molar-refractivity contribution in [2.75, 3.05) is 13.1 Å². The molecule has 0 heterocycles. The van der Waals surface area contributed by atoms with Crippen LogP contribution in [0.25, 0.3) is 0 Å². The number of hydrogen-bond donors (Lipinski definition) is 8. The number of nitrogens with two attached hydrogens (primary N) is 3. The number of nitrogens with one attached hydrogen (secondary N) is 4. The summed E-state index contributed by atoms with van der Waals surface area (Å²) in [5.41, 5.74) is 15.2. The minimum absolute atomic E-state index is 0.0511. The van der Waals surface area contributed by atoms with Gasteiger partial charge in [0.2, 0.25) is 17.7 Å². The van der Waals surface area contributed by atoms with Crippen molar-refractivity contribution >= 4 is 29.7 Å². The summed E-state index contributed by atoms with van der Waals surface area (Å²) in [5, 5.41) is 23.0. The molecular weight excluding hydrogens is 322 g/mol. The molecule has 0 rings (SSSR count). The minimum Gasteiger partial charge on any atom is -0.480 e. The first-order valence-electron chi connectivity index (χ1n) is 7.06. The molecule has 0 saturated heterocycles. The fourth-order valence-corrected chi connectivity index (χ4v) is 1.72. The van der Waals surface area contributed by atoms with Gasteiger partial charge in [0.1, 0.15) is 12.1 Å². The molecule has 0 spiro atoms. The maximum Gasteiger partial charge on any atom is 0.326 e. The summed E-state index contributed by atoms with van der Waals surface area (Å²) in [7, 11) is 0. The van der Waals surface area contributed by atoms with Crippen LogP contribution in [0.15, 0.2) is 0 Å². The van der Waals surface area contributed by atoms with E-state index in [0.29, 0.717) is 6.42 Å². The standard InChI is InChI=1S/C12H23N7O5/c13-5-9(21)18-7(4-8(14)20)10(22)19-6(11(23)24)2-1-3-17-12(15)16/h6-7H,1-5,13H2,(H2,14,20)(H,18,21)(H,19,22)(H,23,24)(H4,15,16,17)/t6-,7-/m0/s1. The summed E-state index contributed by atoms with van der Waals surface area (Å²) in [6.07, 6.45) is -0.127. The molecule has 0 bridgehead atoms. The number of carbonyl (C=O) groups is 4. The van der Waals surface area contributed by atoms with Crippen LogP contribution in [0.2, 0.25) is 0 Å². The summed E-state index contributed by atoms with van der Waals surface area (Å²) in [4.78, 5) is 45.5. The van der Waals surface area contributed by atoms with Crippen molar-refractivity contribution < 1.29 is 24.3 Å². The summed E-state index contributed by atoms with van der Waals surface area (Å²) in [5.74, 6) is -3.92. The lowest BCUT2D eigenvalue weighted by Gasteiger charge is -2.20. The number of hydrogen-bond acceptors (Lipinski definition) is 6. The van der Waals surface area contributed by atoms with Gasteiger partial charge in [-0.05, 0) is 12.8 Å². The molecule has 0 aliphatic heterocycles. The molecular formula is C12H23N7O5. The van der Waals surface area contributed by atoms with Gasteiger partial charge in [-0.2, -0.15) is 0 Å². The van der Waals surface area contributed by atoms with Crippen LogP contribution in [0.5, 0.6) is 0 Å². The molecule has 12 heteroatoms. The first-order chi connectivity index (χ1) is 11.2. The zero-order chi connectivity index (χ0) is 18.7. The number of amides is 3. The Balaban J connectivity index is 4.72. The van der Waals surface area contributed by atoms with E-state index in [4.69, 9.17) is 27.7 Å². The van der Waals surface area contributed by atoms with Crippen LogP contribution in [-0.2, 0) is 19.2 Å². The van der Waals surface area contributed by atoms with Crippen molar-refractivity contribution in [2.24, 2.45) is 17.2 Å². The molecule has 0 unspecified atom stereocenters. The van der Waals surface area contributed by atoms with Gasteiger partial charge in [-0.3, -0.25) is 19.8 Å². The molecule has 0 aromatic heterocycles. The quantitative estimate of drug-likeness (QED) is 0.105. The average Bonchev–Trinajstić information content (AvgIpc) is 2.48. The second-order valence-electron chi connectivity index (χ2n) is 4.88. The molecule has 0 aromatic carbocycles. The van der Waals surface area contributed by atoms with E-state index in [9.17, 15) is 19.2 Å². The van der Waals surface area contributed by atoms with E-state index in [-0.39, 0.29) is 18.9 Å². The van der Waals surface area contributed by atoms with Crippen molar-refractivity contribution in [3.8, 4) is 0 Å². The summed E-state index contributed by atoms with van der Waals surface area (Å²) in [6, 6.07) is -2.55. The highest BCUT2D eigenvalue weighted by Crippen LogP contribution is 2.00. The van der Waals surface area contributed by atoms with Gasteiger partial charge in [0.05, 0.1) is 13.0 Å². The van der Waals surface area contributed by atoms with Gasteiger partial charge >= 0.3 is 5.97 Å². The van der Waals surface area contributed by atoms with Crippen LogP contribution in [-0.4, -0.2) is 59.9 Å². The molecule has 0 aliphatic carbocycles. The Morgan fingerprint density at radius 2 is 1.71 bits per heavy atom. The lowest BCUT2D eigenvalue weighted by molar-refractivity contribution is -0.142. The largest absolute Gasteiger partial charge is 0.480 e. The number of carboxylic acid groups (broad SMARTS) is 1. The lowest BCUT2D eigenvalue weighted by atomic mass is 10.1. The third kappa shape index (κ3) is 9.19. The molecule has 136 valence electrons. The molecule has 11 N–H and O–H groups in total. The van der Waals surface area contributed by atoms with Crippen LogP contribution in [0.3, 0.4) is 0 Å². The highest BCUT2D eigenvalue weighted by atomic mass is 16.4. The zero-order valence-corrected chi connectivity index (χ0v) is 13.0. The predicted octanol–water partition coefficient (Wildman–Crippen LogP) is -3.86. The van der Waals surface area contributed by atoms with E-state index in [2.05, 4.69) is 16.0 Å². The Bertz CT molecular complexity index is 496. The van der Waals surface area contributed by atoms with Crippen molar-refractivity contribution in [1.29, 1.82) is 5.41 Å². The average molecular weight is 345 g/mol. The Morgan fingerprint density at radius 3 is 2.17 bits per heavy atom. The second-order valence-corrected chi connectivity index (χ2v) is 4.88. The molecule has 0 saturated carbocycles. The Morgan fingerprint density at radius 1 is 1.08 bits per heavy atom. The van der Waals surface area contributed by atoms with E-state index in [1.165, 1.54) is 0 Å². The van der Waals surface area contributed by atoms with Gasteiger partial charge in [-0.15, -0.1) is 0 Å². The second kappa shape index (κ2) is 10.8. The zero-order valence-electron chi connectivity index (χ0n) is 13.0. The van der Waals surface area contributed by atoms with Crippen molar-refractivity contribution in [3.05, 3.63) is 0 Å². The number of rotatable bonds is 11. The van der Waals surface area contributed by atoms with Crippen LogP contribution in [0.1, 0.15) is 19.3 Å². The fraction of sp³-hybridized carbons (Fsp3) is 0.583. The Kier molecular flexibility index (Phi) is 9.48. The van der Waals surface area contributed by atoms with Crippen molar-refractivity contribution in [2.45, 2.75) is 31.3 Å². The van der Waals surface area contributed by atoms with Gasteiger partial charge in [0, 0.05) is 6.54 Å². The third-order valence-electron chi connectivity index (χ3n) is 2.84. The Hall–Kier alpha value is -2.89. The fourth-order valence-electron chi connectivity index (χ4n) is 1.72. The van der Waals surface area contributed by atoms with Gasteiger partial charge in [0.15, 0.2) is 5.96 Å². The van der Waals surface area contributed by atoms with E-state index in [0.717, 1.165) is 0 Å². The summed E-state index contributed by atoms with van der Waals surface area (Å²) < 4.78 is 0. The van der Waals surface area contributed by atoms with Crippen LogP contribution in [0, 0.1) is 5.41 Å². The molecule has 2 atom stereocenters. The molecule has 0 radical (unpaired) electrons. The number of guanidine groups is 1. The van der Waals surface area contributed by atoms with Crippen LogP contribution >= 0.6 is 0 Å². The van der Waals surface area contributed by atoms with Gasteiger partial charge in [-0.1, -0.05) is 0 Å². The smallest absolute Gasteiger partial charge is 0.326 e. The monoisotopic (exact) mass is 345 g/mol. The first-order valence-corrected chi connectivity index (χ1v) is 7.06. The summed E-state index contributed by atoms with van der Waals surface area (Å²) in [6.45, 7) is -0.148. The molecule has 12 nitrogen and oxygen atoms in total. The van der Waals surface area contributed by atoms with E-state index < -0.39 is 48.7 Å². The molecule has 24 heavy (non-hydrogen) atoms. The van der Waals surface area contributed by atoms with E-state index >= 15 is 0 Å². The number of carboxylic acids is 1. The van der Waals surface area contributed by atoms with E-state index in [1.54, 1.807) is 0 Å². The number of primary amides is 1. The maximum atomic E-state index is 12.1. The van der Waals surface area contributed by atoms with Gasteiger partial charge in [0.25, 0.3) is 0 Å². The van der Waals surface area contributed by atoms with Crippen molar-refractivity contribution in [1.82, 2.24) is 16.0 Å². The topological polar surface area (TPSA) is 227 Å². The maximum absolute atomic E-state index is 12.1. The highest BCUT2D eigenvalue weighted by molar-refractivity contribution is 5.93. The highest BCUT2D eigenvalue weighted by Gasteiger charge is 2.27. The van der Waals surface area contributed by atoms with Crippen molar-refractivity contribution in [3.63, 3.8) is 0 Å². The molecule has 0 aliphatic rings. The summed E-state index contributed by atoms with van der Waals surface area (Å²) >= 11 is 0. The van der Waals surface area contributed by atoms with Crippen LogP contribution < -0.4 is 33.2 Å². The predicted molar refractivity (Wildman–Crippen MR) is 83.5 cm³/mol. The van der Waals surface area contributed by atoms with Gasteiger partial charge < -0.3 is 38.3 Å². The molecule has 3 amide bonds. The Labute approximate surface area is 138 Å². The number of carbonyl (C=O) groups excluding carboxylic acids is 3. The normalized spacial score (nSPS) is 12.5.